The van der Waals surface area contributed by atoms with Crippen molar-refractivity contribution >= 4 is 0 Å². The summed E-state index contributed by atoms with van der Waals surface area (Å²) in [4.78, 5) is 0. The van der Waals surface area contributed by atoms with Gasteiger partial charge in [-0.1, -0.05) is 30.3 Å². The largest absolute Gasteiger partial charge is 0.378 e. The molecular weight excluding hydrogens is 250 g/mol. The molecule has 4 heteroatoms. The van der Waals surface area contributed by atoms with Crippen molar-refractivity contribution in [2.24, 2.45) is 0 Å². The van der Waals surface area contributed by atoms with Gasteiger partial charge in [-0.25, -0.2) is 0 Å². The maximum Gasteiger partial charge on any atom is 0.0878 e. The fraction of sp³-hybridized carbons (Fsp3) is 0.438. The summed E-state index contributed by atoms with van der Waals surface area (Å²) in [5.74, 6) is 0. The molecule has 0 fully saturated rings. The molecule has 0 aliphatic heterocycles. The quantitative estimate of drug-likeness (QED) is 0.777. The zero-order chi connectivity index (χ0) is 14.2. The molecule has 0 unspecified atom stereocenters. The number of aryl methyl sites for hydroxylation is 1. The highest BCUT2D eigenvalue weighted by molar-refractivity contribution is 5.14. The Morgan fingerprint density at radius 2 is 2.10 bits per heavy atom. The first-order valence-corrected chi connectivity index (χ1v) is 7.07. The molecule has 108 valence electrons. The molecular formula is C16H23N3O. The Labute approximate surface area is 120 Å². The zero-order valence-corrected chi connectivity index (χ0v) is 12.2. The lowest BCUT2D eigenvalue weighted by molar-refractivity contribution is 0.181. The van der Waals surface area contributed by atoms with Crippen LogP contribution < -0.4 is 5.32 Å². The minimum atomic E-state index is 0.470. The molecule has 2 rings (SSSR count). The number of methoxy groups -OCH3 is 1. The van der Waals surface area contributed by atoms with Gasteiger partial charge in [0, 0.05) is 19.7 Å². The van der Waals surface area contributed by atoms with E-state index in [1.807, 2.05) is 6.07 Å². The Balaban J connectivity index is 1.70. The normalized spacial score (nSPS) is 12.5. The minimum Gasteiger partial charge on any atom is -0.378 e. The topological polar surface area (TPSA) is 49.9 Å². The van der Waals surface area contributed by atoms with Gasteiger partial charge in [0.2, 0.25) is 0 Å². The number of hydrogen-bond acceptors (Lipinski definition) is 3. The van der Waals surface area contributed by atoms with Gasteiger partial charge in [0.15, 0.2) is 0 Å². The van der Waals surface area contributed by atoms with Crippen LogP contribution in [0.4, 0.5) is 0 Å². The highest BCUT2D eigenvalue weighted by atomic mass is 16.5. The first kappa shape index (κ1) is 14.8. The van der Waals surface area contributed by atoms with E-state index in [0.717, 1.165) is 30.8 Å². The zero-order valence-electron chi connectivity index (χ0n) is 12.2. The number of nitrogens with zero attached hydrogens (tertiary/aromatic N) is 1. The van der Waals surface area contributed by atoms with Crippen molar-refractivity contribution in [2.45, 2.75) is 39.0 Å². The number of H-pyrrole nitrogens is 1. The number of hydrogen-bond donors (Lipinski definition) is 2. The third-order valence-electron chi connectivity index (χ3n) is 3.32. The number of nitrogens with one attached hydrogen (secondary N) is 2. The number of aromatic nitrogens is 2. The van der Waals surface area contributed by atoms with Gasteiger partial charge in [0.25, 0.3) is 0 Å². The molecule has 0 bridgehead atoms. The molecule has 0 radical (unpaired) electrons. The fourth-order valence-corrected chi connectivity index (χ4v) is 2.14. The summed E-state index contributed by atoms with van der Waals surface area (Å²) in [7, 11) is 1.68. The lowest BCUT2D eigenvalue weighted by atomic mass is 10.1. The molecule has 0 aliphatic carbocycles. The van der Waals surface area contributed by atoms with E-state index in [4.69, 9.17) is 4.74 Å². The predicted octanol–water partition coefficient (Wildman–Crippen LogP) is 2.67. The molecule has 2 aromatic rings. The second-order valence-corrected chi connectivity index (χ2v) is 5.12. The van der Waals surface area contributed by atoms with E-state index in [-0.39, 0.29) is 0 Å². The van der Waals surface area contributed by atoms with Gasteiger partial charge < -0.3 is 10.1 Å². The van der Waals surface area contributed by atoms with Crippen LogP contribution >= 0.6 is 0 Å². The van der Waals surface area contributed by atoms with E-state index in [0.29, 0.717) is 12.6 Å². The van der Waals surface area contributed by atoms with Gasteiger partial charge in [0.05, 0.1) is 18.0 Å². The molecule has 4 nitrogen and oxygen atoms in total. The van der Waals surface area contributed by atoms with Crippen LogP contribution in [-0.2, 0) is 24.3 Å². The molecule has 0 saturated heterocycles. The molecule has 1 atom stereocenters. The summed E-state index contributed by atoms with van der Waals surface area (Å²) in [5.41, 5.74) is 3.44. The lowest BCUT2D eigenvalue weighted by Crippen LogP contribution is -2.26. The number of aromatic amines is 1. The van der Waals surface area contributed by atoms with Crippen molar-refractivity contribution in [3.8, 4) is 0 Å². The van der Waals surface area contributed by atoms with Crippen LogP contribution in [0.2, 0.25) is 0 Å². The van der Waals surface area contributed by atoms with E-state index >= 15 is 0 Å². The number of ether oxygens (including phenoxy) is 1. The van der Waals surface area contributed by atoms with Crippen molar-refractivity contribution < 1.29 is 4.74 Å². The number of benzene rings is 1. The van der Waals surface area contributed by atoms with Crippen molar-refractivity contribution in [2.75, 3.05) is 7.11 Å². The van der Waals surface area contributed by atoms with E-state index in [2.05, 4.69) is 52.8 Å². The molecule has 0 spiro atoms. The maximum absolute atomic E-state index is 5.06. The molecule has 0 aliphatic rings. The average molecular weight is 273 g/mol. The van der Waals surface area contributed by atoms with Gasteiger partial charge in [0.1, 0.15) is 0 Å². The van der Waals surface area contributed by atoms with E-state index in [1.54, 1.807) is 7.11 Å². The summed E-state index contributed by atoms with van der Waals surface area (Å²) in [6, 6.07) is 13.1. The second-order valence-electron chi connectivity index (χ2n) is 5.12. The highest BCUT2D eigenvalue weighted by Gasteiger charge is 2.05. The molecule has 2 N–H and O–H groups in total. The smallest absolute Gasteiger partial charge is 0.0878 e. The Morgan fingerprint density at radius 3 is 2.85 bits per heavy atom. The van der Waals surface area contributed by atoms with Crippen LogP contribution in [0, 0.1) is 0 Å². The SMILES string of the molecule is COCc1cc(CN[C@@H](C)CCc2ccccc2)n[nH]1. The van der Waals surface area contributed by atoms with Gasteiger partial charge >= 0.3 is 0 Å². The van der Waals surface area contributed by atoms with Crippen molar-refractivity contribution in [1.29, 1.82) is 0 Å². The first-order chi connectivity index (χ1) is 9.78. The minimum absolute atomic E-state index is 0.470. The van der Waals surface area contributed by atoms with Crippen molar-refractivity contribution in [1.82, 2.24) is 15.5 Å². The summed E-state index contributed by atoms with van der Waals surface area (Å²) in [6.07, 6.45) is 2.23. The summed E-state index contributed by atoms with van der Waals surface area (Å²) in [6.45, 7) is 3.58. The van der Waals surface area contributed by atoms with Crippen molar-refractivity contribution in [3.05, 3.63) is 53.3 Å². The van der Waals surface area contributed by atoms with Crippen LogP contribution in [0.25, 0.3) is 0 Å². The van der Waals surface area contributed by atoms with Crippen molar-refractivity contribution in [3.63, 3.8) is 0 Å². The van der Waals surface area contributed by atoms with E-state index < -0.39 is 0 Å². The third kappa shape index (κ3) is 4.79. The maximum atomic E-state index is 5.06. The third-order valence-corrected chi connectivity index (χ3v) is 3.32. The second kappa shape index (κ2) is 7.82. The van der Waals surface area contributed by atoms with Crippen LogP contribution in [-0.4, -0.2) is 23.3 Å². The summed E-state index contributed by atoms with van der Waals surface area (Å²) in [5, 5.41) is 10.7. The molecule has 0 amide bonds. The van der Waals surface area contributed by atoms with Gasteiger partial charge in [-0.15, -0.1) is 0 Å². The summed E-state index contributed by atoms with van der Waals surface area (Å²) >= 11 is 0. The van der Waals surface area contributed by atoms with Gasteiger partial charge in [-0.05, 0) is 31.4 Å². The average Bonchev–Trinajstić information content (AvgIpc) is 2.92. The van der Waals surface area contributed by atoms with Crippen LogP contribution in [0.15, 0.2) is 36.4 Å². The van der Waals surface area contributed by atoms with Crippen LogP contribution in [0.1, 0.15) is 30.3 Å². The highest BCUT2D eigenvalue weighted by Crippen LogP contribution is 2.06. The Morgan fingerprint density at radius 1 is 1.30 bits per heavy atom. The van der Waals surface area contributed by atoms with Crippen LogP contribution in [0.3, 0.4) is 0 Å². The molecule has 0 saturated carbocycles. The molecule has 1 aromatic carbocycles. The first-order valence-electron chi connectivity index (χ1n) is 7.07. The Bertz CT molecular complexity index is 495. The fourth-order valence-electron chi connectivity index (χ4n) is 2.14. The Hall–Kier alpha value is -1.65. The van der Waals surface area contributed by atoms with Crippen LogP contribution in [0.5, 0.6) is 0 Å². The van der Waals surface area contributed by atoms with E-state index in [9.17, 15) is 0 Å². The van der Waals surface area contributed by atoms with Gasteiger partial charge in [-0.2, -0.15) is 5.10 Å². The predicted molar refractivity (Wildman–Crippen MR) is 80.4 cm³/mol. The lowest BCUT2D eigenvalue weighted by Gasteiger charge is -2.12. The molecule has 1 aromatic heterocycles. The standard InChI is InChI=1S/C16H23N3O/c1-13(8-9-14-6-4-3-5-7-14)17-11-15-10-16(12-20-2)19-18-15/h3-7,10,13,17H,8-9,11-12H2,1-2H3,(H,18,19)/t13-/m0/s1. The summed E-state index contributed by atoms with van der Waals surface area (Å²) < 4.78 is 5.06. The molecule has 20 heavy (non-hydrogen) atoms. The molecule has 1 heterocycles. The van der Waals surface area contributed by atoms with Gasteiger partial charge in [-0.3, -0.25) is 5.10 Å². The number of rotatable bonds is 8. The monoisotopic (exact) mass is 273 g/mol. The Kier molecular flexibility index (Phi) is 5.77. The van der Waals surface area contributed by atoms with E-state index in [1.165, 1.54) is 5.56 Å².